The van der Waals surface area contributed by atoms with Crippen LogP contribution in [-0.4, -0.2) is 70.5 Å². The Labute approximate surface area is 168 Å². The van der Waals surface area contributed by atoms with Gasteiger partial charge in [0.15, 0.2) is 5.96 Å². The lowest BCUT2D eigenvalue weighted by atomic mass is 10.3. The van der Waals surface area contributed by atoms with Crippen molar-refractivity contribution in [1.29, 1.82) is 0 Å². The van der Waals surface area contributed by atoms with Gasteiger partial charge in [-0.2, -0.15) is 4.72 Å². The Bertz CT molecular complexity index is 782. The number of ether oxygens (including phenoxy) is 2. The summed E-state index contributed by atoms with van der Waals surface area (Å²) in [5, 5.41) is 11.4. The van der Waals surface area contributed by atoms with Crippen LogP contribution < -0.4 is 21.5 Å². The smallest absolute Gasteiger partial charge is 0.407 e. The van der Waals surface area contributed by atoms with Gasteiger partial charge in [-0.25, -0.2) is 13.2 Å². The second kappa shape index (κ2) is 12.5. The Morgan fingerprint density at radius 3 is 2.45 bits per heavy atom. The number of carboxylic acid groups (broad SMARTS) is 1. The fourth-order valence-corrected chi connectivity index (χ4v) is 3.15. The predicted octanol–water partition coefficient (Wildman–Crippen LogP) is -1.18. The van der Waals surface area contributed by atoms with Crippen molar-refractivity contribution in [3.8, 4) is 0 Å². The number of aliphatic imine (C=N–C) groups is 1. The van der Waals surface area contributed by atoms with E-state index in [1.54, 1.807) is 6.07 Å². The van der Waals surface area contributed by atoms with Crippen LogP contribution in [0.1, 0.15) is 6.42 Å². The van der Waals surface area contributed by atoms with Crippen molar-refractivity contribution in [2.75, 3.05) is 32.9 Å². The fourth-order valence-electron chi connectivity index (χ4n) is 1.94. The van der Waals surface area contributed by atoms with Gasteiger partial charge in [0.2, 0.25) is 10.0 Å². The first-order chi connectivity index (χ1) is 13.7. The lowest BCUT2D eigenvalue weighted by Gasteiger charge is -2.15. The minimum atomic E-state index is -4.06. The van der Waals surface area contributed by atoms with Gasteiger partial charge < -0.3 is 31.4 Å². The number of guanidine groups is 1. The van der Waals surface area contributed by atoms with Crippen LogP contribution in [0, 0.1) is 0 Å². The molecule has 0 aliphatic rings. The Hall–Kier alpha value is -2.90. The number of carboxylic acids is 1. The zero-order valence-corrected chi connectivity index (χ0v) is 16.4. The third-order valence-electron chi connectivity index (χ3n) is 3.30. The molecule has 0 aromatic heterocycles. The molecular weight excluding hydrogens is 406 g/mol. The van der Waals surface area contributed by atoms with Gasteiger partial charge in [0.1, 0.15) is 12.6 Å². The normalized spacial score (nSPS) is 12.0. The highest BCUT2D eigenvalue weighted by Gasteiger charge is 2.25. The van der Waals surface area contributed by atoms with E-state index in [2.05, 4.69) is 10.3 Å². The van der Waals surface area contributed by atoms with Crippen molar-refractivity contribution in [3.63, 3.8) is 0 Å². The summed E-state index contributed by atoms with van der Waals surface area (Å²) >= 11 is 0. The van der Waals surface area contributed by atoms with Crippen LogP contribution >= 0.6 is 0 Å². The van der Waals surface area contributed by atoms with Crippen molar-refractivity contribution in [3.05, 3.63) is 30.3 Å². The number of nitrogens with one attached hydrogen (secondary N) is 2. The molecule has 0 spiro atoms. The molecule has 13 heteroatoms. The van der Waals surface area contributed by atoms with Crippen molar-refractivity contribution < 1.29 is 32.6 Å². The number of rotatable bonds is 13. The first kappa shape index (κ1) is 24.1. The molecule has 162 valence electrons. The molecule has 29 heavy (non-hydrogen) atoms. The molecule has 1 rings (SSSR count). The Balaban J connectivity index is 2.32. The summed E-state index contributed by atoms with van der Waals surface area (Å²) in [7, 11) is -4.06. The zero-order chi connectivity index (χ0) is 21.7. The van der Waals surface area contributed by atoms with E-state index in [4.69, 9.17) is 20.9 Å². The first-order valence-electron chi connectivity index (χ1n) is 8.56. The molecule has 1 unspecified atom stereocenters. The molecule has 0 saturated heterocycles. The molecule has 0 aliphatic carbocycles. The molecule has 1 amide bonds. The fraction of sp³-hybridized carbons (Fsp3) is 0.438. The monoisotopic (exact) mass is 431 g/mol. The summed E-state index contributed by atoms with van der Waals surface area (Å²) in [5.74, 6) is -1.45. The highest BCUT2D eigenvalue weighted by molar-refractivity contribution is 7.89. The van der Waals surface area contributed by atoms with Crippen molar-refractivity contribution in [1.82, 2.24) is 10.0 Å². The van der Waals surface area contributed by atoms with E-state index >= 15 is 0 Å². The summed E-state index contributed by atoms with van der Waals surface area (Å²) in [6.07, 6.45) is -0.314. The molecule has 0 bridgehead atoms. The standard InChI is InChI=1S/C16H25N5O7S/c17-15(18)19-7-4-8-27-9-10-28-16(24)20-11-13(14(22)23)21-29(25,26)12-5-2-1-3-6-12/h1-3,5-6,13,21H,4,7-11H2,(H,20,24)(H,22,23)(H4,17,18,19). The van der Waals surface area contributed by atoms with Gasteiger partial charge in [-0.3, -0.25) is 9.79 Å². The summed E-state index contributed by atoms with van der Waals surface area (Å²) in [4.78, 5) is 26.6. The van der Waals surface area contributed by atoms with Crippen LogP contribution in [0.3, 0.4) is 0 Å². The number of alkyl carbamates (subject to hydrolysis) is 1. The average molecular weight is 431 g/mol. The van der Waals surface area contributed by atoms with E-state index in [0.29, 0.717) is 19.6 Å². The minimum Gasteiger partial charge on any atom is -0.480 e. The second-order valence-corrected chi connectivity index (χ2v) is 7.33. The number of hydrogen-bond donors (Lipinski definition) is 5. The lowest BCUT2D eigenvalue weighted by Crippen LogP contribution is -2.48. The predicted molar refractivity (Wildman–Crippen MR) is 104 cm³/mol. The number of benzene rings is 1. The van der Waals surface area contributed by atoms with Gasteiger partial charge in [-0.1, -0.05) is 18.2 Å². The van der Waals surface area contributed by atoms with E-state index in [0.717, 1.165) is 0 Å². The quantitative estimate of drug-likeness (QED) is 0.145. The second-order valence-electron chi connectivity index (χ2n) is 5.61. The maximum Gasteiger partial charge on any atom is 0.407 e. The van der Waals surface area contributed by atoms with Gasteiger partial charge in [0.25, 0.3) is 0 Å². The Morgan fingerprint density at radius 1 is 1.14 bits per heavy atom. The number of aliphatic carboxylic acids is 1. The number of carbonyl (C=O) groups is 2. The highest BCUT2D eigenvalue weighted by atomic mass is 32.2. The van der Waals surface area contributed by atoms with E-state index in [9.17, 15) is 23.1 Å². The molecule has 1 aromatic rings. The molecule has 1 aromatic carbocycles. The number of amides is 1. The summed E-state index contributed by atoms with van der Waals surface area (Å²) in [6, 6.07) is 5.70. The Morgan fingerprint density at radius 2 is 1.83 bits per heavy atom. The number of nitrogens with zero attached hydrogens (tertiary/aromatic N) is 1. The van der Waals surface area contributed by atoms with Gasteiger partial charge >= 0.3 is 12.1 Å². The summed E-state index contributed by atoms with van der Waals surface area (Å²) < 4.78 is 36.4. The van der Waals surface area contributed by atoms with Crippen molar-refractivity contribution >= 4 is 28.0 Å². The average Bonchev–Trinajstić information content (AvgIpc) is 2.67. The van der Waals surface area contributed by atoms with Crippen LogP contribution in [0.15, 0.2) is 40.2 Å². The number of nitrogens with two attached hydrogens (primary N) is 2. The molecule has 1 atom stereocenters. The van der Waals surface area contributed by atoms with E-state index in [1.165, 1.54) is 24.3 Å². The van der Waals surface area contributed by atoms with E-state index in [1.807, 2.05) is 4.72 Å². The maximum atomic E-state index is 12.2. The maximum absolute atomic E-state index is 12.2. The molecule has 0 radical (unpaired) electrons. The van der Waals surface area contributed by atoms with Crippen LogP contribution in [0.4, 0.5) is 4.79 Å². The SMILES string of the molecule is NC(N)=NCCCOCCOC(=O)NCC(NS(=O)(=O)c1ccccc1)C(=O)O. The largest absolute Gasteiger partial charge is 0.480 e. The highest BCUT2D eigenvalue weighted by Crippen LogP contribution is 2.08. The van der Waals surface area contributed by atoms with Gasteiger partial charge in [-0.15, -0.1) is 0 Å². The van der Waals surface area contributed by atoms with Crippen LogP contribution in [0.5, 0.6) is 0 Å². The number of hydrogen-bond acceptors (Lipinski definition) is 7. The lowest BCUT2D eigenvalue weighted by molar-refractivity contribution is -0.138. The molecule has 0 heterocycles. The first-order valence-corrected chi connectivity index (χ1v) is 10.0. The van der Waals surface area contributed by atoms with Crippen LogP contribution in [0.2, 0.25) is 0 Å². The minimum absolute atomic E-state index is 0.00396. The molecule has 7 N–H and O–H groups in total. The zero-order valence-electron chi connectivity index (χ0n) is 15.6. The van der Waals surface area contributed by atoms with Crippen molar-refractivity contribution in [2.24, 2.45) is 16.5 Å². The van der Waals surface area contributed by atoms with Gasteiger partial charge in [0, 0.05) is 19.7 Å². The molecular formula is C16H25N5O7S. The Kier molecular flexibility index (Phi) is 10.4. The van der Waals surface area contributed by atoms with Crippen LogP contribution in [0.25, 0.3) is 0 Å². The molecule has 0 fully saturated rings. The summed E-state index contributed by atoms with van der Waals surface area (Å²) in [5.41, 5.74) is 10.3. The van der Waals surface area contributed by atoms with E-state index < -0.39 is 34.7 Å². The van der Waals surface area contributed by atoms with E-state index in [-0.39, 0.29) is 24.1 Å². The number of sulfonamides is 1. The van der Waals surface area contributed by atoms with Gasteiger partial charge in [-0.05, 0) is 18.6 Å². The molecule has 12 nitrogen and oxygen atoms in total. The molecule has 0 saturated carbocycles. The molecule has 0 aliphatic heterocycles. The third kappa shape index (κ3) is 10.3. The van der Waals surface area contributed by atoms with Gasteiger partial charge in [0.05, 0.1) is 11.5 Å². The number of carbonyl (C=O) groups excluding carboxylic acids is 1. The van der Waals surface area contributed by atoms with Crippen LogP contribution in [-0.2, 0) is 24.3 Å². The summed E-state index contributed by atoms with van der Waals surface area (Å²) in [6.45, 7) is 0.336. The van der Waals surface area contributed by atoms with Crippen molar-refractivity contribution in [2.45, 2.75) is 17.4 Å². The third-order valence-corrected chi connectivity index (χ3v) is 4.79. The topological polar surface area (TPSA) is 195 Å².